The minimum atomic E-state index is -0.563. The molecule has 0 bridgehead atoms. The molecule has 0 aromatic heterocycles. The molecule has 0 N–H and O–H groups in total. The summed E-state index contributed by atoms with van der Waals surface area (Å²) >= 11 is 0. The molecule has 3 aromatic carbocycles. The zero-order valence-electron chi connectivity index (χ0n) is 16.7. The van der Waals surface area contributed by atoms with Gasteiger partial charge in [-0.25, -0.2) is 9.59 Å². The molecule has 0 saturated carbocycles. The van der Waals surface area contributed by atoms with Gasteiger partial charge >= 0.3 is 11.9 Å². The summed E-state index contributed by atoms with van der Waals surface area (Å²) in [5.41, 5.74) is 2.37. The van der Waals surface area contributed by atoms with Gasteiger partial charge in [-0.1, -0.05) is 43.8 Å². The van der Waals surface area contributed by atoms with Crippen molar-refractivity contribution < 1.29 is 23.8 Å². The first-order valence-corrected chi connectivity index (χ1v) is 9.55. The summed E-state index contributed by atoms with van der Waals surface area (Å²) in [6.07, 6.45) is 1.81. The number of esters is 2. The molecule has 5 heteroatoms. The number of rotatable bonds is 8. The van der Waals surface area contributed by atoms with Crippen LogP contribution in [0.1, 0.15) is 28.4 Å². The third kappa shape index (κ3) is 5.58. The highest BCUT2D eigenvalue weighted by Crippen LogP contribution is 2.26. The summed E-state index contributed by atoms with van der Waals surface area (Å²) in [4.78, 5) is 23.6. The van der Waals surface area contributed by atoms with E-state index in [1.807, 2.05) is 43.3 Å². The van der Waals surface area contributed by atoms with E-state index in [2.05, 4.69) is 6.58 Å². The quantitative estimate of drug-likeness (QED) is 0.297. The molecule has 3 rings (SSSR count). The van der Waals surface area contributed by atoms with Crippen molar-refractivity contribution in [3.8, 4) is 17.2 Å². The molecule has 152 valence electrons. The molecule has 0 spiro atoms. The lowest BCUT2D eigenvalue weighted by Gasteiger charge is -2.12. The Kier molecular flexibility index (Phi) is 7.00. The van der Waals surface area contributed by atoms with Crippen LogP contribution in [-0.2, 0) is 17.8 Å². The fourth-order valence-electron chi connectivity index (χ4n) is 2.75. The molecule has 0 unspecified atom stereocenters. The lowest BCUT2D eigenvalue weighted by molar-refractivity contribution is -0.128. The normalized spacial score (nSPS) is 10.2. The maximum atomic E-state index is 12.4. The van der Waals surface area contributed by atoms with E-state index < -0.39 is 11.9 Å². The van der Waals surface area contributed by atoms with Crippen molar-refractivity contribution in [1.82, 2.24) is 0 Å². The van der Waals surface area contributed by atoms with Gasteiger partial charge in [0.15, 0.2) is 0 Å². The molecule has 0 heterocycles. The Bertz CT molecular complexity index is 1020. The lowest BCUT2D eigenvalue weighted by atomic mass is 10.1. The van der Waals surface area contributed by atoms with Crippen LogP contribution in [0.15, 0.2) is 85.5 Å². The van der Waals surface area contributed by atoms with Gasteiger partial charge in [0, 0.05) is 6.08 Å². The zero-order valence-corrected chi connectivity index (χ0v) is 16.7. The van der Waals surface area contributed by atoms with Crippen molar-refractivity contribution in [2.24, 2.45) is 0 Å². The predicted molar refractivity (Wildman–Crippen MR) is 114 cm³/mol. The number of carbonyl (C=O) groups excluding carboxylic acids is 2. The first-order valence-electron chi connectivity index (χ1n) is 9.55. The summed E-state index contributed by atoms with van der Waals surface area (Å²) < 4.78 is 16.4. The Labute approximate surface area is 175 Å². The Morgan fingerprint density at radius 1 is 0.900 bits per heavy atom. The molecule has 0 saturated heterocycles. The van der Waals surface area contributed by atoms with E-state index in [1.165, 1.54) is 24.3 Å². The Balaban J connectivity index is 1.65. The van der Waals surface area contributed by atoms with E-state index in [-0.39, 0.29) is 0 Å². The van der Waals surface area contributed by atoms with E-state index in [1.54, 1.807) is 12.1 Å². The van der Waals surface area contributed by atoms with Crippen molar-refractivity contribution in [2.45, 2.75) is 20.0 Å². The summed E-state index contributed by atoms with van der Waals surface area (Å²) in [6.45, 7) is 5.82. The lowest BCUT2D eigenvalue weighted by Crippen LogP contribution is -2.09. The molecular weight excluding hydrogens is 380 g/mol. The van der Waals surface area contributed by atoms with E-state index in [0.29, 0.717) is 23.7 Å². The SMILES string of the molecule is C=CC(=O)Oc1ccc(C(=O)Oc2ccc(OCc3ccccc3)c(CC)c2)cc1. The van der Waals surface area contributed by atoms with Gasteiger partial charge in [0.25, 0.3) is 0 Å². The molecule has 0 amide bonds. The van der Waals surface area contributed by atoms with E-state index in [4.69, 9.17) is 14.2 Å². The highest BCUT2D eigenvalue weighted by molar-refractivity contribution is 5.91. The van der Waals surface area contributed by atoms with Crippen LogP contribution in [0.25, 0.3) is 0 Å². The summed E-state index contributed by atoms with van der Waals surface area (Å²) in [5, 5.41) is 0. The van der Waals surface area contributed by atoms with Crippen LogP contribution in [0, 0.1) is 0 Å². The second kappa shape index (κ2) is 10.1. The first-order chi connectivity index (χ1) is 14.6. The van der Waals surface area contributed by atoms with Gasteiger partial charge in [0.2, 0.25) is 0 Å². The van der Waals surface area contributed by atoms with Crippen LogP contribution in [0.5, 0.6) is 17.2 Å². The maximum Gasteiger partial charge on any atom is 0.343 e. The minimum Gasteiger partial charge on any atom is -0.489 e. The van der Waals surface area contributed by atoms with Gasteiger partial charge in [0.05, 0.1) is 5.56 Å². The Morgan fingerprint density at radius 3 is 2.27 bits per heavy atom. The number of aryl methyl sites for hydroxylation is 1. The topological polar surface area (TPSA) is 61.8 Å². The monoisotopic (exact) mass is 402 g/mol. The summed E-state index contributed by atoms with van der Waals surface area (Å²) in [6, 6.07) is 21.3. The average molecular weight is 402 g/mol. The molecule has 30 heavy (non-hydrogen) atoms. The van der Waals surface area contributed by atoms with Crippen LogP contribution < -0.4 is 14.2 Å². The summed E-state index contributed by atoms with van der Waals surface area (Å²) in [5.74, 6) is 0.453. The van der Waals surface area contributed by atoms with Gasteiger partial charge in [0.1, 0.15) is 23.9 Å². The van der Waals surface area contributed by atoms with Gasteiger partial charge in [-0.3, -0.25) is 0 Å². The van der Waals surface area contributed by atoms with E-state index in [9.17, 15) is 9.59 Å². The van der Waals surface area contributed by atoms with Gasteiger partial charge in [-0.05, 0) is 60.0 Å². The van der Waals surface area contributed by atoms with E-state index in [0.717, 1.165) is 29.4 Å². The standard InChI is InChI=1S/C25H22O5/c1-3-19-16-22(14-15-23(19)28-17-18-8-6-5-7-9-18)30-25(27)20-10-12-21(13-11-20)29-24(26)4-2/h4-16H,2-3,17H2,1H3. The van der Waals surface area contributed by atoms with Crippen LogP contribution in [0.2, 0.25) is 0 Å². The van der Waals surface area contributed by atoms with Crippen molar-refractivity contribution >= 4 is 11.9 Å². The fraction of sp³-hybridized carbons (Fsp3) is 0.120. The molecule has 0 fully saturated rings. The van der Waals surface area contributed by atoms with Crippen molar-refractivity contribution in [2.75, 3.05) is 0 Å². The second-order valence-electron chi connectivity index (χ2n) is 6.44. The molecule has 0 aliphatic rings. The molecule has 5 nitrogen and oxygen atoms in total. The molecule has 0 aliphatic carbocycles. The molecule has 3 aromatic rings. The van der Waals surface area contributed by atoms with Crippen LogP contribution in [0.3, 0.4) is 0 Å². The number of hydrogen-bond acceptors (Lipinski definition) is 5. The highest BCUT2D eigenvalue weighted by Gasteiger charge is 2.12. The Morgan fingerprint density at radius 2 is 1.60 bits per heavy atom. The van der Waals surface area contributed by atoms with Gasteiger partial charge in [-0.2, -0.15) is 0 Å². The average Bonchev–Trinajstić information content (AvgIpc) is 2.79. The number of carbonyl (C=O) groups is 2. The first kappa shape index (κ1) is 20.9. The smallest absolute Gasteiger partial charge is 0.343 e. The van der Waals surface area contributed by atoms with Gasteiger partial charge < -0.3 is 14.2 Å². The van der Waals surface area contributed by atoms with Crippen LogP contribution >= 0.6 is 0 Å². The third-order valence-corrected chi connectivity index (χ3v) is 4.34. The predicted octanol–water partition coefficient (Wildman–Crippen LogP) is 5.14. The largest absolute Gasteiger partial charge is 0.489 e. The maximum absolute atomic E-state index is 12.4. The van der Waals surface area contributed by atoms with Crippen molar-refractivity contribution in [3.63, 3.8) is 0 Å². The number of ether oxygens (including phenoxy) is 3. The molecule has 0 radical (unpaired) electrons. The number of hydrogen-bond donors (Lipinski definition) is 0. The molecular formula is C25H22O5. The van der Waals surface area contributed by atoms with Crippen molar-refractivity contribution in [3.05, 3.63) is 102 Å². The third-order valence-electron chi connectivity index (χ3n) is 4.34. The fourth-order valence-corrected chi connectivity index (χ4v) is 2.75. The van der Waals surface area contributed by atoms with Crippen LogP contribution in [-0.4, -0.2) is 11.9 Å². The van der Waals surface area contributed by atoms with Crippen molar-refractivity contribution in [1.29, 1.82) is 0 Å². The minimum absolute atomic E-state index is 0.324. The molecule has 0 aliphatic heterocycles. The highest BCUT2D eigenvalue weighted by atomic mass is 16.5. The zero-order chi connectivity index (χ0) is 21.3. The molecule has 0 atom stereocenters. The second-order valence-corrected chi connectivity index (χ2v) is 6.44. The van der Waals surface area contributed by atoms with E-state index >= 15 is 0 Å². The number of benzene rings is 3. The van der Waals surface area contributed by atoms with Crippen LogP contribution in [0.4, 0.5) is 0 Å². The summed E-state index contributed by atoms with van der Waals surface area (Å²) in [7, 11) is 0. The Hall–Kier alpha value is -3.86. The van der Waals surface area contributed by atoms with Gasteiger partial charge in [-0.15, -0.1) is 0 Å².